The van der Waals surface area contributed by atoms with Crippen molar-refractivity contribution in [3.05, 3.63) is 47.2 Å². The van der Waals surface area contributed by atoms with Crippen molar-refractivity contribution < 1.29 is 24.5 Å². The molecule has 1 aliphatic carbocycles. The average molecular weight is 417 g/mol. The summed E-state index contributed by atoms with van der Waals surface area (Å²) < 4.78 is 15.2. The molecule has 0 fully saturated rings. The van der Waals surface area contributed by atoms with Crippen molar-refractivity contribution >= 4 is 29.2 Å². The number of fused-ring (bicyclic) bond motifs is 1. The Bertz CT molecular complexity index is 899. The van der Waals surface area contributed by atoms with Crippen molar-refractivity contribution in [1.29, 1.82) is 0 Å². The van der Waals surface area contributed by atoms with Crippen LogP contribution in [0.1, 0.15) is 29.7 Å². The molecule has 2 heterocycles. The van der Waals surface area contributed by atoms with E-state index in [4.69, 9.17) is 24.5 Å². The Kier molecular flexibility index (Phi) is 6.95. The summed E-state index contributed by atoms with van der Waals surface area (Å²) in [5.74, 6) is -2.93. The number of benzene rings is 1. The summed E-state index contributed by atoms with van der Waals surface area (Å²) >= 11 is 1.25. The molecule has 0 saturated heterocycles. The Morgan fingerprint density at radius 2 is 1.90 bits per heavy atom. The summed E-state index contributed by atoms with van der Waals surface area (Å²) in [6, 6.07) is 8.67. The highest BCUT2D eigenvalue weighted by molar-refractivity contribution is 6.99. The van der Waals surface area contributed by atoms with E-state index in [2.05, 4.69) is 51.0 Å². The van der Waals surface area contributed by atoms with Crippen molar-refractivity contribution in [3.63, 3.8) is 0 Å². The summed E-state index contributed by atoms with van der Waals surface area (Å²) in [4.78, 5) is 20.5. The minimum absolute atomic E-state index is 0.203. The number of ether oxygens (including phenoxy) is 1. The molecule has 1 unspecified atom stereocenters. The van der Waals surface area contributed by atoms with E-state index in [1.54, 1.807) is 0 Å². The SMILES string of the molecule is CN1CCC=C(c2nsnc2OC2CCc3ccccc3C2)C1.O=C(O)C(=O)O. The van der Waals surface area contributed by atoms with Gasteiger partial charge in [-0.25, -0.2) is 9.59 Å². The number of aliphatic carboxylic acids is 2. The van der Waals surface area contributed by atoms with Crippen LogP contribution >= 0.6 is 11.7 Å². The van der Waals surface area contributed by atoms with Gasteiger partial charge in [0.25, 0.3) is 5.88 Å². The van der Waals surface area contributed by atoms with Gasteiger partial charge in [0.1, 0.15) is 11.8 Å². The van der Waals surface area contributed by atoms with Crippen LogP contribution in [0.25, 0.3) is 5.57 Å². The first-order valence-electron chi connectivity index (χ1n) is 9.34. The van der Waals surface area contributed by atoms with E-state index in [1.165, 1.54) is 28.4 Å². The molecule has 0 amide bonds. The van der Waals surface area contributed by atoms with E-state index >= 15 is 0 Å². The lowest BCUT2D eigenvalue weighted by Crippen LogP contribution is -2.27. The third-order valence-electron chi connectivity index (χ3n) is 4.87. The Labute approximate surface area is 172 Å². The number of hydrogen-bond acceptors (Lipinski definition) is 7. The van der Waals surface area contributed by atoms with Gasteiger partial charge >= 0.3 is 11.9 Å². The number of carboxylic acids is 2. The van der Waals surface area contributed by atoms with Gasteiger partial charge in [-0.05, 0) is 43.0 Å². The summed E-state index contributed by atoms with van der Waals surface area (Å²) in [6.07, 6.45) is 6.65. The fourth-order valence-electron chi connectivity index (χ4n) is 3.44. The summed E-state index contributed by atoms with van der Waals surface area (Å²) in [5, 5.41) is 14.8. The zero-order valence-electron chi connectivity index (χ0n) is 16.1. The number of hydrogen-bond donors (Lipinski definition) is 2. The van der Waals surface area contributed by atoms with E-state index < -0.39 is 11.9 Å². The number of aryl methyl sites for hydroxylation is 1. The molecule has 0 spiro atoms. The molecule has 2 aromatic rings. The lowest BCUT2D eigenvalue weighted by atomic mass is 9.90. The Morgan fingerprint density at radius 3 is 2.59 bits per heavy atom. The van der Waals surface area contributed by atoms with Crippen LogP contribution < -0.4 is 4.74 Å². The predicted octanol–water partition coefficient (Wildman–Crippen LogP) is 2.35. The maximum Gasteiger partial charge on any atom is 0.414 e. The van der Waals surface area contributed by atoms with Crippen molar-refractivity contribution in [1.82, 2.24) is 13.6 Å². The van der Waals surface area contributed by atoms with E-state index in [1.807, 2.05) is 0 Å². The topological polar surface area (TPSA) is 113 Å². The molecule has 2 N–H and O–H groups in total. The van der Waals surface area contributed by atoms with E-state index in [-0.39, 0.29) is 6.10 Å². The summed E-state index contributed by atoms with van der Waals surface area (Å²) in [7, 11) is 2.14. The second-order valence-corrected chi connectivity index (χ2v) is 7.56. The summed E-state index contributed by atoms with van der Waals surface area (Å²) in [6.45, 7) is 2.03. The highest BCUT2D eigenvalue weighted by Gasteiger charge is 2.24. The largest absolute Gasteiger partial charge is 0.473 e. The van der Waals surface area contributed by atoms with Crippen LogP contribution in [0.15, 0.2) is 30.3 Å². The molecule has 1 aliphatic heterocycles. The molecule has 1 aromatic carbocycles. The van der Waals surface area contributed by atoms with Gasteiger partial charge in [0.05, 0.1) is 11.7 Å². The van der Waals surface area contributed by atoms with Crippen LogP contribution in [-0.4, -0.2) is 62.0 Å². The Balaban J connectivity index is 0.000000353. The molecular formula is C20H23N3O5S. The van der Waals surface area contributed by atoms with Gasteiger partial charge in [0.2, 0.25) is 0 Å². The molecule has 29 heavy (non-hydrogen) atoms. The second-order valence-electron chi connectivity index (χ2n) is 7.04. The first-order valence-corrected chi connectivity index (χ1v) is 10.1. The lowest BCUT2D eigenvalue weighted by Gasteiger charge is -2.26. The van der Waals surface area contributed by atoms with Gasteiger partial charge in [-0.1, -0.05) is 30.3 Å². The van der Waals surface area contributed by atoms with Gasteiger partial charge in [-0.15, -0.1) is 4.37 Å². The zero-order valence-corrected chi connectivity index (χ0v) is 16.9. The van der Waals surface area contributed by atoms with Gasteiger partial charge < -0.3 is 19.8 Å². The number of aromatic nitrogens is 2. The number of carbonyl (C=O) groups is 2. The van der Waals surface area contributed by atoms with Gasteiger partial charge in [0, 0.05) is 19.5 Å². The highest BCUT2D eigenvalue weighted by atomic mass is 32.1. The zero-order chi connectivity index (χ0) is 20.8. The minimum Gasteiger partial charge on any atom is -0.473 e. The van der Waals surface area contributed by atoms with Crippen molar-refractivity contribution in [2.24, 2.45) is 0 Å². The highest BCUT2D eigenvalue weighted by Crippen LogP contribution is 2.30. The maximum atomic E-state index is 9.10. The third kappa shape index (κ3) is 5.61. The number of rotatable bonds is 3. The van der Waals surface area contributed by atoms with E-state index in [0.29, 0.717) is 0 Å². The molecule has 2 aliphatic rings. The van der Waals surface area contributed by atoms with Crippen LogP contribution in [0.2, 0.25) is 0 Å². The first kappa shape index (κ1) is 20.9. The predicted molar refractivity (Wildman–Crippen MR) is 108 cm³/mol. The molecule has 0 radical (unpaired) electrons. The second kappa shape index (κ2) is 9.62. The fraction of sp³-hybridized carbons (Fsp3) is 0.400. The van der Waals surface area contributed by atoms with Crippen molar-refractivity contribution in [2.45, 2.75) is 31.8 Å². The van der Waals surface area contributed by atoms with Gasteiger partial charge in [-0.2, -0.15) is 4.37 Å². The van der Waals surface area contributed by atoms with Crippen molar-refractivity contribution in [2.75, 3.05) is 20.1 Å². The van der Waals surface area contributed by atoms with Gasteiger partial charge in [-0.3, -0.25) is 0 Å². The normalized spacial score (nSPS) is 18.7. The molecule has 1 atom stereocenters. The van der Waals surface area contributed by atoms with Gasteiger partial charge in [0.15, 0.2) is 0 Å². The monoisotopic (exact) mass is 417 g/mol. The standard InChI is InChI=1S/C18H21N3OS.C2H2O4/c1-21-10-4-7-15(12-21)17-18(20-23-19-17)22-16-9-8-13-5-2-3-6-14(13)11-16;3-1(4)2(5)6/h2-3,5-7,16H,4,8-12H2,1H3;(H,3,4)(H,5,6). The quantitative estimate of drug-likeness (QED) is 0.732. The van der Waals surface area contributed by atoms with Crippen LogP contribution in [0, 0.1) is 0 Å². The Hall–Kier alpha value is -2.78. The summed E-state index contributed by atoms with van der Waals surface area (Å²) in [5.41, 5.74) is 5.06. The lowest BCUT2D eigenvalue weighted by molar-refractivity contribution is -0.159. The molecule has 4 rings (SSSR count). The molecule has 154 valence electrons. The smallest absolute Gasteiger partial charge is 0.414 e. The first-order chi connectivity index (χ1) is 13.9. The number of carboxylic acid groups (broad SMARTS) is 2. The third-order valence-corrected chi connectivity index (χ3v) is 5.38. The number of likely N-dealkylation sites (N-methyl/N-ethyl adjacent to an activating group) is 1. The number of nitrogens with zero attached hydrogens (tertiary/aromatic N) is 3. The maximum absolute atomic E-state index is 9.10. The molecule has 0 saturated carbocycles. The van der Waals surface area contributed by atoms with Crippen LogP contribution in [-0.2, 0) is 22.4 Å². The van der Waals surface area contributed by atoms with E-state index in [0.717, 1.165) is 50.3 Å². The molecular weight excluding hydrogens is 394 g/mol. The van der Waals surface area contributed by atoms with Crippen LogP contribution in [0.3, 0.4) is 0 Å². The van der Waals surface area contributed by atoms with E-state index in [9.17, 15) is 0 Å². The fourth-order valence-corrected chi connectivity index (χ4v) is 3.96. The van der Waals surface area contributed by atoms with Crippen LogP contribution in [0.4, 0.5) is 0 Å². The molecule has 8 nitrogen and oxygen atoms in total. The van der Waals surface area contributed by atoms with Crippen molar-refractivity contribution in [3.8, 4) is 5.88 Å². The minimum atomic E-state index is -1.82. The molecule has 0 bridgehead atoms. The Morgan fingerprint density at radius 1 is 1.17 bits per heavy atom. The molecule has 1 aromatic heterocycles. The van der Waals surface area contributed by atoms with Crippen LogP contribution in [0.5, 0.6) is 5.88 Å². The molecule has 9 heteroatoms. The average Bonchev–Trinajstić information content (AvgIpc) is 3.16.